The lowest BCUT2D eigenvalue weighted by molar-refractivity contribution is 0.0821. The second-order valence-electron chi connectivity index (χ2n) is 4.25. The van der Waals surface area contributed by atoms with Gasteiger partial charge in [-0.1, -0.05) is 6.07 Å². The van der Waals surface area contributed by atoms with Gasteiger partial charge in [0.2, 0.25) is 0 Å². The molecule has 0 aromatic carbocycles. The van der Waals surface area contributed by atoms with Crippen molar-refractivity contribution in [3.8, 4) is 0 Å². The highest BCUT2D eigenvalue weighted by molar-refractivity contribution is 5.92. The zero-order valence-electron chi connectivity index (χ0n) is 9.79. The SMILES string of the molecule is CN(C)C(=O)c1ccc2c(n1)CCNCC2. The Bertz CT molecular complexity index is 401. The molecule has 0 saturated carbocycles. The van der Waals surface area contributed by atoms with Crippen molar-refractivity contribution in [1.29, 1.82) is 0 Å². The summed E-state index contributed by atoms with van der Waals surface area (Å²) in [5, 5.41) is 3.33. The highest BCUT2D eigenvalue weighted by atomic mass is 16.2. The first kappa shape index (κ1) is 11.1. The normalized spacial score (nSPS) is 15.1. The molecule has 1 N–H and O–H groups in total. The molecule has 1 aromatic heterocycles. The van der Waals surface area contributed by atoms with Crippen LogP contribution < -0.4 is 5.32 Å². The molecule has 1 aliphatic heterocycles. The summed E-state index contributed by atoms with van der Waals surface area (Å²) in [5.74, 6) is -0.0278. The maximum Gasteiger partial charge on any atom is 0.271 e. The molecule has 4 nitrogen and oxygen atoms in total. The Kier molecular flexibility index (Phi) is 3.19. The van der Waals surface area contributed by atoms with Gasteiger partial charge in [-0.15, -0.1) is 0 Å². The molecule has 1 aliphatic rings. The quantitative estimate of drug-likeness (QED) is 0.747. The summed E-state index contributed by atoms with van der Waals surface area (Å²) < 4.78 is 0. The van der Waals surface area contributed by atoms with Crippen LogP contribution in [0.25, 0.3) is 0 Å². The van der Waals surface area contributed by atoms with E-state index < -0.39 is 0 Å². The zero-order chi connectivity index (χ0) is 11.5. The lowest BCUT2D eigenvalue weighted by Crippen LogP contribution is -2.23. The number of hydrogen-bond acceptors (Lipinski definition) is 3. The molecule has 0 unspecified atom stereocenters. The van der Waals surface area contributed by atoms with E-state index in [0.29, 0.717) is 5.69 Å². The highest BCUT2D eigenvalue weighted by Crippen LogP contribution is 2.12. The predicted molar refractivity (Wildman–Crippen MR) is 62.5 cm³/mol. The first-order chi connectivity index (χ1) is 7.68. The Morgan fingerprint density at radius 3 is 2.81 bits per heavy atom. The standard InChI is InChI=1S/C12H17N3O/c1-15(2)12(16)11-4-3-9-5-7-13-8-6-10(9)14-11/h3-4,13H,5-8H2,1-2H3. The number of hydrogen-bond donors (Lipinski definition) is 1. The third kappa shape index (κ3) is 2.22. The van der Waals surface area contributed by atoms with E-state index in [-0.39, 0.29) is 5.91 Å². The van der Waals surface area contributed by atoms with E-state index in [9.17, 15) is 4.79 Å². The number of fused-ring (bicyclic) bond motifs is 1. The number of carbonyl (C=O) groups excluding carboxylic acids is 1. The lowest BCUT2D eigenvalue weighted by Gasteiger charge is -2.11. The molecule has 0 fully saturated rings. The van der Waals surface area contributed by atoms with Crippen LogP contribution in [-0.4, -0.2) is 43.0 Å². The van der Waals surface area contributed by atoms with Crippen LogP contribution in [-0.2, 0) is 12.8 Å². The first-order valence-corrected chi connectivity index (χ1v) is 5.59. The third-order valence-corrected chi connectivity index (χ3v) is 2.80. The molecule has 1 amide bonds. The monoisotopic (exact) mass is 219 g/mol. The fraction of sp³-hybridized carbons (Fsp3) is 0.500. The van der Waals surface area contributed by atoms with Crippen molar-refractivity contribution in [3.05, 3.63) is 29.1 Å². The fourth-order valence-corrected chi connectivity index (χ4v) is 1.88. The molecular formula is C12H17N3O. The molecule has 2 rings (SSSR count). The molecule has 0 spiro atoms. The van der Waals surface area contributed by atoms with Crippen LogP contribution >= 0.6 is 0 Å². The molecule has 1 aromatic rings. The molecule has 2 heterocycles. The minimum Gasteiger partial charge on any atom is -0.343 e. The van der Waals surface area contributed by atoms with Crippen molar-refractivity contribution in [1.82, 2.24) is 15.2 Å². The summed E-state index contributed by atoms with van der Waals surface area (Å²) in [6, 6.07) is 3.86. The van der Waals surface area contributed by atoms with Crippen molar-refractivity contribution < 1.29 is 4.79 Å². The molecule has 0 atom stereocenters. The molecule has 0 radical (unpaired) electrons. The third-order valence-electron chi connectivity index (χ3n) is 2.80. The van der Waals surface area contributed by atoms with Crippen molar-refractivity contribution in [3.63, 3.8) is 0 Å². The zero-order valence-corrected chi connectivity index (χ0v) is 9.79. The number of nitrogens with one attached hydrogen (secondary N) is 1. The van der Waals surface area contributed by atoms with E-state index in [0.717, 1.165) is 31.6 Å². The Morgan fingerprint density at radius 1 is 1.31 bits per heavy atom. The Labute approximate surface area is 95.7 Å². The predicted octanol–water partition coefficient (Wildman–Crippen LogP) is 0.472. The summed E-state index contributed by atoms with van der Waals surface area (Å²) in [5.41, 5.74) is 2.88. The smallest absolute Gasteiger partial charge is 0.271 e. The average Bonchev–Trinajstić information content (AvgIpc) is 2.51. The van der Waals surface area contributed by atoms with Gasteiger partial charge >= 0.3 is 0 Å². The number of nitrogens with zero attached hydrogens (tertiary/aromatic N) is 2. The molecule has 0 aliphatic carbocycles. The molecule has 4 heteroatoms. The second kappa shape index (κ2) is 4.61. The van der Waals surface area contributed by atoms with Crippen LogP contribution in [0.1, 0.15) is 21.7 Å². The maximum atomic E-state index is 11.8. The van der Waals surface area contributed by atoms with Gasteiger partial charge in [0.1, 0.15) is 5.69 Å². The van der Waals surface area contributed by atoms with Gasteiger partial charge in [-0.2, -0.15) is 0 Å². The van der Waals surface area contributed by atoms with Crippen LogP contribution in [0.3, 0.4) is 0 Å². The van der Waals surface area contributed by atoms with Gasteiger partial charge in [-0.05, 0) is 24.6 Å². The van der Waals surface area contributed by atoms with Gasteiger partial charge in [-0.3, -0.25) is 4.79 Å². The van der Waals surface area contributed by atoms with Crippen LogP contribution in [0.2, 0.25) is 0 Å². The van der Waals surface area contributed by atoms with Crippen LogP contribution in [0.15, 0.2) is 12.1 Å². The molecule has 0 bridgehead atoms. The minimum absolute atomic E-state index is 0.0278. The van der Waals surface area contributed by atoms with E-state index in [4.69, 9.17) is 0 Å². The van der Waals surface area contributed by atoms with E-state index in [1.165, 1.54) is 5.56 Å². The van der Waals surface area contributed by atoms with E-state index in [2.05, 4.69) is 10.3 Å². The second-order valence-corrected chi connectivity index (χ2v) is 4.25. The number of amides is 1. The summed E-state index contributed by atoms with van der Waals surface area (Å²) in [6.45, 7) is 1.94. The van der Waals surface area contributed by atoms with Gasteiger partial charge in [0.25, 0.3) is 5.91 Å². The first-order valence-electron chi connectivity index (χ1n) is 5.59. The minimum atomic E-state index is -0.0278. The maximum absolute atomic E-state index is 11.8. The number of carbonyl (C=O) groups is 1. The summed E-state index contributed by atoms with van der Waals surface area (Å²) in [7, 11) is 3.49. The number of rotatable bonds is 1. The molecule has 86 valence electrons. The van der Waals surface area contributed by atoms with Crippen molar-refractivity contribution in [2.45, 2.75) is 12.8 Å². The summed E-state index contributed by atoms with van der Waals surface area (Å²) >= 11 is 0. The summed E-state index contributed by atoms with van der Waals surface area (Å²) in [4.78, 5) is 17.8. The van der Waals surface area contributed by atoms with Crippen molar-refractivity contribution in [2.24, 2.45) is 0 Å². The average molecular weight is 219 g/mol. The fourth-order valence-electron chi connectivity index (χ4n) is 1.88. The summed E-state index contributed by atoms with van der Waals surface area (Å²) in [6.07, 6.45) is 1.91. The Balaban J connectivity index is 2.30. The van der Waals surface area contributed by atoms with Crippen LogP contribution in [0.5, 0.6) is 0 Å². The van der Waals surface area contributed by atoms with Gasteiger partial charge in [0, 0.05) is 32.8 Å². The molecule has 0 saturated heterocycles. The van der Waals surface area contributed by atoms with E-state index >= 15 is 0 Å². The number of aromatic nitrogens is 1. The molecule has 16 heavy (non-hydrogen) atoms. The largest absolute Gasteiger partial charge is 0.343 e. The topological polar surface area (TPSA) is 45.2 Å². The number of pyridine rings is 1. The van der Waals surface area contributed by atoms with Crippen molar-refractivity contribution >= 4 is 5.91 Å². The van der Waals surface area contributed by atoms with E-state index in [1.807, 2.05) is 12.1 Å². The van der Waals surface area contributed by atoms with Gasteiger partial charge in [0.15, 0.2) is 0 Å². The van der Waals surface area contributed by atoms with Gasteiger partial charge in [-0.25, -0.2) is 4.98 Å². The molecular weight excluding hydrogens is 202 g/mol. The Morgan fingerprint density at radius 2 is 2.06 bits per heavy atom. The van der Waals surface area contributed by atoms with Crippen molar-refractivity contribution in [2.75, 3.05) is 27.2 Å². The van der Waals surface area contributed by atoms with Crippen LogP contribution in [0.4, 0.5) is 0 Å². The lowest BCUT2D eigenvalue weighted by atomic mass is 10.1. The van der Waals surface area contributed by atoms with E-state index in [1.54, 1.807) is 19.0 Å². The van der Waals surface area contributed by atoms with Gasteiger partial charge < -0.3 is 10.2 Å². The highest BCUT2D eigenvalue weighted by Gasteiger charge is 2.14. The van der Waals surface area contributed by atoms with Gasteiger partial charge in [0.05, 0.1) is 0 Å². The van der Waals surface area contributed by atoms with Crippen LogP contribution in [0, 0.1) is 0 Å². The Hall–Kier alpha value is -1.42.